The van der Waals surface area contributed by atoms with E-state index in [1.165, 1.54) is 16.7 Å². The number of carbonyl (C=O) groups is 2. The summed E-state index contributed by atoms with van der Waals surface area (Å²) in [5.41, 5.74) is 4.60. The zero-order valence-corrected chi connectivity index (χ0v) is 17.0. The number of amides is 2. The lowest BCUT2D eigenvalue weighted by Crippen LogP contribution is -2.34. The van der Waals surface area contributed by atoms with Crippen molar-refractivity contribution < 1.29 is 9.59 Å². The highest BCUT2D eigenvalue weighted by atomic mass is 16.2. The predicted octanol–water partition coefficient (Wildman–Crippen LogP) is 3.97. The standard InChI is InChI=1S/C22H31N3O2/c1-5-22(3,4)21(27)24-20-14-17(18-7-6-8-19(18)23-20)13-16-9-11-25(12-10-16)15(2)26/h13-14H,5-12H2,1-4H3,(H,23,24,27). The van der Waals surface area contributed by atoms with Gasteiger partial charge in [0.1, 0.15) is 5.82 Å². The molecule has 1 aromatic rings. The summed E-state index contributed by atoms with van der Waals surface area (Å²) < 4.78 is 0. The second-order valence-corrected chi connectivity index (χ2v) is 8.38. The van der Waals surface area contributed by atoms with E-state index in [9.17, 15) is 9.59 Å². The molecule has 2 aliphatic rings. The van der Waals surface area contributed by atoms with Gasteiger partial charge in [0.05, 0.1) is 0 Å². The van der Waals surface area contributed by atoms with Crippen LogP contribution in [0.25, 0.3) is 6.08 Å². The molecule has 0 saturated carbocycles. The number of aryl methyl sites for hydroxylation is 1. The van der Waals surface area contributed by atoms with E-state index >= 15 is 0 Å². The summed E-state index contributed by atoms with van der Waals surface area (Å²) >= 11 is 0. The number of pyridine rings is 1. The molecular weight excluding hydrogens is 338 g/mol. The Bertz CT molecular complexity index is 770. The molecule has 1 aliphatic carbocycles. The van der Waals surface area contributed by atoms with Crippen molar-refractivity contribution in [3.05, 3.63) is 28.5 Å². The van der Waals surface area contributed by atoms with Crippen LogP contribution in [0, 0.1) is 5.41 Å². The molecule has 0 radical (unpaired) electrons. The fourth-order valence-electron chi connectivity index (χ4n) is 3.69. The number of aromatic nitrogens is 1. The molecule has 1 fully saturated rings. The van der Waals surface area contributed by atoms with Crippen molar-refractivity contribution in [2.75, 3.05) is 18.4 Å². The molecule has 2 heterocycles. The number of carbonyl (C=O) groups excluding carboxylic acids is 2. The molecule has 27 heavy (non-hydrogen) atoms. The third-order valence-electron chi connectivity index (χ3n) is 6.04. The van der Waals surface area contributed by atoms with E-state index in [0.29, 0.717) is 5.82 Å². The summed E-state index contributed by atoms with van der Waals surface area (Å²) in [7, 11) is 0. The van der Waals surface area contributed by atoms with Gasteiger partial charge in [-0.2, -0.15) is 0 Å². The Labute approximate surface area is 162 Å². The average molecular weight is 370 g/mol. The number of hydrogen-bond acceptors (Lipinski definition) is 3. The van der Waals surface area contributed by atoms with Gasteiger partial charge in [-0.25, -0.2) is 4.98 Å². The van der Waals surface area contributed by atoms with Crippen molar-refractivity contribution in [3.8, 4) is 0 Å². The molecule has 146 valence electrons. The van der Waals surface area contributed by atoms with Gasteiger partial charge in [-0.05, 0) is 55.7 Å². The van der Waals surface area contributed by atoms with Crippen molar-refractivity contribution in [3.63, 3.8) is 0 Å². The molecule has 0 spiro atoms. The van der Waals surface area contributed by atoms with Gasteiger partial charge < -0.3 is 10.2 Å². The molecule has 2 amide bonds. The van der Waals surface area contributed by atoms with Crippen LogP contribution in [-0.4, -0.2) is 34.8 Å². The number of likely N-dealkylation sites (tertiary alicyclic amines) is 1. The fourth-order valence-corrected chi connectivity index (χ4v) is 3.69. The lowest BCUT2D eigenvalue weighted by Gasteiger charge is -2.27. The molecule has 0 atom stereocenters. The van der Waals surface area contributed by atoms with E-state index < -0.39 is 5.41 Å². The van der Waals surface area contributed by atoms with Gasteiger partial charge in [-0.3, -0.25) is 9.59 Å². The van der Waals surface area contributed by atoms with Gasteiger partial charge in [0, 0.05) is 31.1 Å². The number of piperidine rings is 1. The molecule has 3 rings (SSSR count). The smallest absolute Gasteiger partial charge is 0.231 e. The molecule has 0 bridgehead atoms. The van der Waals surface area contributed by atoms with Gasteiger partial charge in [0.2, 0.25) is 11.8 Å². The molecule has 0 unspecified atom stereocenters. The molecule has 1 aliphatic heterocycles. The fraction of sp³-hybridized carbons (Fsp3) is 0.591. The highest BCUT2D eigenvalue weighted by molar-refractivity contribution is 5.94. The third kappa shape index (κ3) is 4.40. The van der Waals surface area contributed by atoms with Gasteiger partial charge in [-0.1, -0.05) is 32.4 Å². The Morgan fingerprint density at radius 3 is 2.56 bits per heavy atom. The van der Waals surface area contributed by atoms with Crippen LogP contribution >= 0.6 is 0 Å². The van der Waals surface area contributed by atoms with Crippen LogP contribution in [-0.2, 0) is 22.4 Å². The predicted molar refractivity (Wildman–Crippen MR) is 108 cm³/mol. The van der Waals surface area contributed by atoms with Crippen molar-refractivity contribution in [1.29, 1.82) is 0 Å². The first-order chi connectivity index (χ1) is 12.8. The van der Waals surface area contributed by atoms with Crippen LogP contribution in [0.4, 0.5) is 5.82 Å². The van der Waals surface area contributed by atoms with Gasteiger partial charge >= 0.3 is 0 Å². The number of anilines is 1. The van der Waals surface area contributed by atoms with Crippen LogP contribution in [0.2, 0.25) is 0 Å². The maximum atomic E-state index is 12.6. The lowest BCUT2D eigenvalue weighted by atomic mass is 9.89. The molecule has 1 saturated heterocycles. The topological polar surface area (TPSA) is 62.3 Å². The second kappa shape index (κ2) is 7.83. The Morgan fingerprint density at radius 2 is 1.93 bits per heavy atom. The van der Waals surface area contributed by atoms with Crippen molar-refractivity contribution in [1.82, 2.24) is 9.88 Å². The number of nitrogens with one attached hydrogen (secondary N) is 1. The first-order valence-corrected chi connectivity index (χ1v) is 10.1. The first kappa shape index (κ1) is 19.6. The monoisotopic (exact) mass is 369 g/mol. The number of nitrogens with zero attached hydrogens (tertiary/aromatic N) is 2. The van der Waals surface area contributed by atoms with Crippen LogP contribution < -0.4 is 5.32 Å². The lowest BCUT2D eigenvalue weighted by molar-refractivity contribution is -0.129. The van der Waals surface area contributed by atoms with E-state index in [1.807, 2.05) is 31.7 Å². The van der Waals surface area contributed by atoms with Gasteiger partial charge in [-0.15, -0.1) is 0 Å². The van der Waals surface area contributed by atoms with Crippen molar-refractivity contribution >= 4 is 23.7 Å². The van der Waals surface area contributed by atoms with Gasteiger partial charge in [0.15, 0.2) is 0 Å². The Morgan fingerprint density at radius 1 is 1.22 bits per heavy atom. The van der Waals surface area contributed by atoms with Crippen LogP contribution in [0.5, 0.6) is 0 Å². The van der Waals surface area contributed by atoms with Gasteiger partial charge in [0.25, 0.3) is 0 Å². The zero-order valence-electron chi connectivity index (χ0n) is 17.0. The summed E-state index contributed by atoms with van der Waals surface area (Å²) in [6, 6.07) is 2.03. The van der Waals surface area contributed by atoms with E-state index in [2.05, 4.69) is 11.4 Å². The van der Waals surface area contributed by atoms with Crippen molar-refractivity contribution in [2.24, 2.45) is 5.41 Å². The summed E-state index contributed by atoms with van der Waals surface area (Å²) in [6.45, 7) is 9.17. The molecule has 1 aromatic heterocycles. The van der Waals surface area contributed by atoms with E-state index in [1.54, 1.807) is 6.92 Å². The van der Waals surface area contributed by atoms with E-state index in [0.717, 1.165) is 57.3 Å². The highest BCUT2D eigenvalue weighted by Crippen LogP contribution is 2.30. The molecule has 5 heteroatoms. The minimum Gasteiger partial charge on any atom is -0.342 e. The largest absolute Gasteiger partial charge is 0.342 e. The summed E-state index contributed by atoms with van der Waals surface area (Å²) in [6.07, 6.45) is 8.04. The normalized spacial score (nSPS) is 16.9. The van der Waals surface area contributed by atoms with Crippen LogP contribution in [0.1, 0.15) is 70.2 Å². The average Bonchev–Trinajstić information content (AvgIpc) is 3.11. The number of hydrogen-bond donors (Lipinski definition) is 1. The van der Waals surface area contributed by atoms with Crippen LogP contribution in [0.3, 0.4) is 0 Å². The molecule has 1 N–H and O–H groups in total. The maximum absolute atomic E-state index is 12.6. The quantitative estimate of drug-likeness (QED) is 0.873. The maximum Gasteiger partial charge on any atom is 0.231 e. The highest BCUT2D eigenvalue weighted by Gasteiger charge is 2.26. The van der Waals surface area contributed by atoms with E-state index in [4.69, 9.17) is 4.98 Å². The Hall–Kier alpha value is -2.17. The minimum atomic E-state index is -0.404. The molecule has 5 nitrogen and oxygen atoms in total. The number of fused-ring (bicyclic) bond motifs is 1. The summed E-state index contributed by atoms with van der Waals surface area (Å²) in [4.78, 5) is 30.7. The second-order valence-electron chi connectivity index (χ2n) is 8.38. The van der Waals surface area contributed by atoms with E-state index in [-0.39, 0.29) is 11.8 Å². The number of rotatable bonds is 4. The Kier molecular flexibility index (Phi) is 5.68. The zero-order chi connectivity index (χ0) is 19.6. The third-order valence-corrected chi connectivity index (χ3v) is 6.04. The van der Waals surface area contributed by atoms with Crippen molar-refractivity contribution in [2.45, 2.75) is 66.2 Å². The first-order valence-electron chi connectivity index (χ1n) is 10.1. The summed E-state index contributed by atoms with van der Waals surface area (Å²) in [5.74, 6) is 0.835. The van der Waals surface area contributed by atoms with Crippen LogP contribution in [0.15, 0.2) is 11.6 Å². The minimum absolute atomic E-state index is 0.0174. The molecule has 0 aromatic carbocycles. The summed E-state index contributed by atoms with van der Waals surface area (Å²) in [5, 5.41) is 3.03. The Balaban J connectivity index is 1.83. The molecular formula is C22H31N3O2. The SMILES string of the molecule is CCC(C)(C)C(=O)Nc1cc(C=C2CCN(C(C)=O)CC2)c2c(n1)CCC2.